The van der Waals surface area contributed by atoms with Gasteiger partial charge in [-0.3, -0.25) is 4.79 Å². The van der Waals surface area contributed by atoms with E-state index in [0.717, 1.165) is 18.9 Å². The Hall–Kier alpha value is -3.08. The fraction of sp³-hybridized carbons (Fsp3) is 0.481. The standard InChI is InChI=1S/C27H34ClFN2O7/c1-27(2,3)38-26(33)31-11-5-6-20(31)16-36-24-10-8-19(15-22(24)29)30-25(32)21-14-18(28)7-9-23(21)37-17-35-13-12-34-4/h7-10,14-15,20H,5-6,11-13,16-17H2,1-4H3,(H,30,32)/t20-/m0/s1. The van der Waals surface area contributed by atoms with E-state index in [2.05, 4.69) is 5.32 Å². The minimum Gasteiger partial charge on any atom is -0.488 e. The summed E-state index contributed by atoms with van der Waals surface area (Å²) in [6.07, 6.45) is 1.14. The monoisotopic (exact) mass is 552 g/mol. The smallest absolute Gasteiger partial charge is 0.410 e. The molecule has 1 saturated heterocycles. The summed E-state index contributed by atoms with van der Waals surface area (Å²) in [5.74, 6) is -0.917. The zero-order valence-electron chi connectivity index (χ0n) is 22.1. The van der Waals surface area contributed by atoms with E-state index in [9.17, 15) is 14.0 Å². The quantitative estimate of drug-likeness (QED) is 0.290. The van der Waals surface area contributed by atoms with Gasteiger partial charge in [0.2, 0.25) is 0 Å². The lowest BCUT2D eigenvalue weighted by Crippen LogP contribution is -2.42. The first-order chi connectivity index (χ1) is 18.1. The molecule has 2 amide bonds. The Labute approximate surface area is 227 Å². The van der Waals surface area contributed by atoms with Gasteiger partial charge in [0.15, 0.2) is 18.4 Å². The van der Waals surface area contributed by atoms with Gasteiger partial charge < -0.3 is 33.9 Å². The number of hydrogen-bond donors (Lipinski definition) is 1. The third kappa shape index (κ3) is 8.75. The minimum absolute atomic E-state index is 0.0130. The predicted octanol–water partition coefficient (Wildman–Crippen LogP) is 5.51. The largest absolute Gasteiger partial charge is 0.488 e. The molecule has 1 heterocycles. The Morgan fingerprint density at radius 2 is 1.87 bits per heavy atom. The van der Waals surface area contributed by atoms with Crippen molar-refractivity contribution < 1.29 is 37.7 Å². The second-order valence-corrected chi connectivity index (χ2v) is 10.1. The van der Waals surface area contributed by atoms with Crippen LogP contribution in [0.25, 0.3) is 0 Å². The Kier molecular flexibility index (Phi) is 10.6. The summed E-state index contributed by atoms with van der Waals surface area (Å²) >= 11 is 6.07. The van der Waals surface area contributed by atoms with E-state index in [1.54, 1.807) is 44.9 Å². The summed E-state index contributed by atoms with van der Waals surface area (Å²) in [5.41, 5.74) is -0.219. The molecule has 0 unspecified atom stereocenters. The van der Waals surface area contributed by atoms with E-state index in [1.807, 2.05) is 0 Å². The number of benzene rings is 2. The Bertz CT molecular complexity index is 1110. The van der Waals surface area contributed by atoms with Crippen molar-refractivity contribution in [3.05, 3.63) is 52.8 Å². The second-order valence-electron chi connectivity index (χ2n) is 9.68. The van der Waals surface area contributed by atoms with Crippen molar-refractivity contribution in [1.82, 2.24) is 4.90 Å². The van der Waals surface area contributed by atoms with Crippen LogP contribution >= 0.6 is 11.6 Å². The molecule has 11 heteroatoms. The van der Waals surface area contributed by atoms with Crippen LogP contribution in [0.15, 0.2) is 36.4 Å². The van der Waals surface area contributed by atoms with E-state index in [0.29, 0.717) is 24.8 Å². The highest BCUT2D eigenvalue weighted by Gasteiger charge is 2.32. The summed E-state index contributed by atoms with van der Waals surface area (Å²) in [5, 5.41) is 2.98. The number of anilines is 1. The van der Waals surface area contributed by atoms with Crippen molar-refractivity contribution in [3.8, 4) is 11.5 Å². The molecule has 0 saturated carbocycles. The number of halogens is 2. The molecule has 1 aliphatic heterocycles. The first kappa shape index (κ1) is 29.5. The van der Waals surface area contributed by atoms with Gasteiger partial charge >= 0.3 is 6.09 Å². The van der Waals surface area contributed by atoms with Crippen LogP contribution in [0.4, 0.5) is 14.9 Å². The summed E-state index contributed by atoms with van der Waals surface area (Å²) in [4.78, 5) is 27.0. The number of amides is 2. The SMILES string of the molecule is COCCOCOc1ccc(Cl)cc1C(=O)Nc1ccc(OC[C@@H]2CCCN2C(=O)OC(C)(C)C)c(F)c1. The van der Waals surface area contributed by atoms with Crippen LogP contribution in [0.3, 0.4) is 0 Å². The summed E-state index contributed by atoms with van der Waals surface area (Å²) in [6.45, 7) is 6.76. The van der Waals surface area contributed by atoms with Crippen molar-refractivity contribution >= 4 is 29.3 Å². The molecule has 9 nitrogen and oxygen atoms in total. The summed E-state index contributed by atoms with van der Waals surface area (Å²) in [6, 6.07) is 8.48. The van der Waals surface area contributed by atoms with E-state index >= 15 is 0 Å². The maximum Gasteiger partial charge on any atom is 0.410 e. The molecular formula is C27H34ClFN2O7. The number of likely N-dealkylation sites (tertiary alicyclic amines) is 1. The molecule has 0 aromatic heterocycles. The molecule has 0 radical (unpaired) electrons. The highest BCUT2D eigenvalue weighted by Crippen LogP contribution is 2.27. The van der Waals surface area contributed by atoms with Gasteiger partial charge in [0, 0.05) is 30.4 Å². The molecule has 2 aromatic carbocycles. The van der Waals surface area contributed by atoms with Crippen LogP contribution in [0, 0.1) is 5.82 Å². The summed E-state index contributed by atoms with van der Waals surface area (Å²) < 4.78 is 41.7. The van der Waals surface area contributed by atoms with E-state index in [1.165, 1.54) is 18.2 Å². The maximum atomic E-state index is 14.8. The highest BCUT2D eigenvalue weighted by atomic mass is 35.5. The molecular weight excluding hydrogens is 519 g/mol. The maximum absolute atomic E-state index is 14.8. The Morgan fingerprint density at radius 1 is 1.11 bits per heavy atom. The molecule has 3 rings (SSSR count). The zero-order valence-corrected chi connectivity index (χ0v) is 22.8. The molecule has 208 valence electrons. The van der Waals surface area contributed by atoms with Gasteiger partial charge in [-0.1, -0.05) is 11.6 Å². The number of methoxy groups -OCH3 is 1. The van der Waals surface area contributed by atoms with Crippen LogP contribution in [0.1, 0.15) is 44.0 Å². The van der Waals surface area contributed by atoms with Gasteiger partial charge in [0.25, 0.3) is 5.91 Å². The number of carbonyl (C=O) groups is 2. The molecule has 1 aliphatic rings. The molecule has 1 fully saturated rings. The van der Waals surface area contributed by atoms with E-state index < -0.39 is 23.4 Å². The second kappa shape index (κ2) is 13.6. The lowest BCUT2D eigenvalue weighted by molar-refractivity contribution is -0.00872. The number of hydrogen-bond acceptors (Lipinski definition) is 7. The first-order valence-electron chi connectivity index (χ1n) is 12.3. The third-order valence-corrected chi connectivity index (χ3v) is 5.78. The third-order valence-electron chi connectivity index (χ3n) is 5.54. The fourth-order valence-corrected chi connectivity index (χ4v) is 3.93. The van der Waals surface area contributed by atoms with Gasteiger partial charge in [-0.25, -0.2) is 9.18 Å². The van der Waals surface area contributed by atoms with Crippen LogP contribution < -0.4 is 14.8 Å². The lowest BCUT2D eigenvalue weighted by Gasteiger charge is -2.28. The Balaban J connectivity index is 1.59. The normalized spacial score (nSPS) is 15.3. The number of nitrogens with one attached hydrogen (secondary N) is 1. The van der Waals surface area contributed by atoms with Gasteiger partial charge in [-0.15, -0.1) is 0 Å². The van der Waals surface area contributed by atoms with E-state index in [-0.39, 0.29) is 42.2 Å². The minimum atomic E-state index is -0.654. The van der Waals surface area contributed by atoms with Crippen molar-refractivity contribution in [2.75, 3.05) is 45.6 Å². The van der Waals surface area contributed by atoms with Gasteiger partial charge in [0.1, 0.15) is 18.0 Å². The molecule has 0 bridgehead atoms. The Morgan fingerprint density at radius 3 is 2.58 bits per heavy atom. The topological polar surface area (TPSA) is 95.6 Å². The van der Waals surface area contributed by atoms with Crippen molar-refractivity contribution in [3.63, 3.8) is 0 Å². The molecule has 1 N–H and O–H groups in total. The van der Waals surface area contributed by atoms with Crippen LogP contribution in [0.5, 0.6) is 11.5 Å². The molecule has 1 atom stereocenters. The highest BCUT2D eigenvalue weighted by molar-refractivity contribution is 6.31. The molecule has 38 heavy (non-hydrogen) atoms. The van der Waals surface area contributed by atoms with Gasteiger partial charge in [0.05, 0.1) is 24.8 Å². The van der Waals surface area contributed by atoms with Crippen LogP contribution in [0.2, 0.25) is 5.02 Å². The number of nitrogens with zero attached hydrogens (tertiary/aromatic N) is 1. The lowest BCUT2D eigenvalue weighted by atomic mass is 10.1. The molecule has 0 aliphatic carbocycles. The average Bonchev–Trinajstić information content (AvgIpc) is 3.32. The number of rotatable bonds is 11. The number of carbonyl (C=O) groups excluding carboxylic acids is 2. The van der Waals surface area contributed by atoms with Crippen LogP contribution in [-0.2, 0) is 14.2 Å². The van der Waals surface area contributed by atoms with Crippen molar-refractivity contribution in [1.29, 1.82) is 0 Å². The summed E-state index contributed by atoms with van der Waals surface area (Å²) in [7, 11) is 1.56. The molecule has 2 aromatic rings. The number of ether oxygens (including phenoxy) is 5. The van der Waals surface area contributed by atoms with Crippen LogP contribution in [-0.4, -0.2) is 68.8 Å². The molecule has 0 spiro atoms. The first-order valence-corrected chi connectivity index (χ1v) is 12.7. The fourth-order valence-electron chi connectivity index (χ4n) is 3.76. The predicted molar refractivity (Wildman–Crippen MR) is 141 cm³/mol. The zero-order chi connectivity index (χ0) is 27.7. The van der Waals surface area contributed by atoms with Crippen molar-refractivity contribution in [2.45, 2.75) is 45.3 Å². The average molecular weight is 553 g/mol. The van der Waals surface area contributed by atoms with Gasteiger partial charge in [-0.2, -0.15) is 0 Å². The van der Waals surface area contributed by atoms with Gasteiger partial charge in [-0.05, 0) is 63.9 Å². The van der Waals surface area contributed by atoms with E-state index in [4.69, 9.17) is 35.3 Å². The van der Waals surface area contributed by atoms with Crippen molar-refractivity contribution in [2.24, 2.45) is 0 Å².